The SMILES string of the molecule is CCCCCCCCc1nnc(-n2c(CCCCCC)nnc2[S][Sn]([CH2]c2ccccc2)([CH2]c2ccccc2)[CH2]c2ccccc2)s1. The fourth-order valence-electron chi connectivity index (χ4n) is 6.32. The first kappa shape index (κ1) is 35.8. The number of benzene rings is 3. The second kappa shape index (κ2) is 19.5. The Morgan fingerprint density at radius 1 is 0.553 bits per heavy atom. The van der Waals surface area contributed by atoms with E-state index in [1.807, 2.05) is 0 Å². The Morgan fingerprint density at radius 2 is 1.04 bits per heavy atom. The summed E-state index contributed by atoms with van der Waals surface area (Å²) in [5.74, 6) is 1.03. The average Bonchev–Trinajstić information content (AvgIpc) is 3.72. The van der Waals surface area contributed by atoms with Crippen LogP contribution >= 0.6 is 20.3 Å². The van der Waals surface area contributed by atoms with Crippen LogP contribution in [0.25, 0.3) is 5.13 Å². The third-order valence-corrected chi connectivity index (χ3v) is 27.8. The van der Waals surface area contributed by atoms with Crippen LogP contribution in [0.15, 0.2) is 96.2 Å². The maximum absolute atomic E-state index is 4.98. The number of aryl methyl sites for hydroxylation is 2. The molecule has 0 N–H and O–H groups in total. The molecule has 0 aliphatic rings. The Bertz CT molecular complexity index is 1470. The van der Waals surface area contributed by atoms with Gasteiger partial charge in [-0.1, -0.05) is 13.3 Å². The summed E-state index contributed by atoms with van der Waals surface area (Å²) in [7, 11) is 2.08. The molecule has 3 aromatic carbocycles. The quantitative estimate of drug-likeness (QED) is 0.0549. The number of rotatable bonds is 21. The normalized spacial score (nSPS) is 11.7. The van der Waals surface area contributed by atoms with Crippen molar-refractivity contribution < 1.29 is 0 Å². The number of unbranched alkanes of at least 4 members (excludes halogenated alkanes) is 8. The molecule has 0 unspecified atom stereocenters. The van der Waals surface area contributed by atoms with E-state index < -0.39 is 17.0 Å². The molecule has 47 heavy (non-hydrogen) atoms. The van der Waals surface area contributed by atoms with Crippen molar-refractivity contribution in [1.29, 1.82) is 0 Å². The van der Waals surface area contributed by atoms with E-state index in [4.69, 9.17) is 20.4 Å². The van der Waals surface area contributed by atoms with Gasteiger partial charge in [-0.3, -0.25) is 0 Å². The predicted molar refractivity (Wildman–Crippen MR) is 202 cm³/mol. The summed E-state index contributed by atoms with van der Waals surface area (Å²) in [4.78, 5) is 0. The van der Waals surface area contributed by atoms with Gasteiger partial charge in [0.25, 0.3) is 0 Å². The van der Waals surface area contributed by atoms with Gasteiger partial charge in [0.05, 0.1) is 0 Å². The molecule has 2 heterocycles. The second-order valence-corrected chi connectivity index (χ2v) is 31.8. The first-order chi connectivity index (χ1) is 23.2. The van der Waals surface area contributed by atoms with Crippen LogP contribution in [0.4, 0.5) is 0 Å². The zero-order valence-electron chi connectivity index (χ0n) is 28.3. The molecule has 0 bridgehead atoms. The second-order valence-electron chi connectivity index (χ2n) is 12.8. The van der Waals surface area contributed by atoms with Crippen LogP contribution in [0.5, 0.6) is 0 Å². The van der Waals surface area contributed by atoms with E-state index in [0.29, 0.717) is 0 Å². The summed E-state index contributed by atoms with van der Waals surface area (Å²) in [6, 6.07) is 33.4. The van der Waals surface area contributed by atoms with Crippen molar-refractivity contribution in [1.82, 2.24) is 25.0 Å². The molecule has 5 rings (SSSR count). The Labute approximate surface area is 293 Å². The monoisotopic (exact) mass is 773 g/mol. The first-order valence-corrected chi connectivity index (χ1v) is 28.9. The third kappa shape index (κ3) is 11.3. The average molecular weight is 773 g/mol. The van der Waals surface area contributed by atoms with Gasteiger partial charge in [0, 0.05) is 0 Å². The van der Waals surface area contributed by atoms with Gasteiger partial charge in [0.2, 0.25) is 0 Å². The van der Waals surface area contributed by atoms with Crippen LogP contribution in [0.1, 0.15) is 106 Å². The zero-order valence-corrected chi connectivity index (χ0v) is 32.8. The Hall–Kier alpha value is -2.49. The van der Waals surface area contributed by atoms with Crippen LogP contribution in [0, 0.1) is 0 Å². The number of aromatic nitrogens is 5. The fourth-order valence-corrected chi connectivity index (χ4v) is 27.4. The molecule has 0 saturated carbocycles. The Balaban J connectivity index is 1.50. The molecule has 0 atom stereocenters. The zero-order chi connectivity index (χ0) is 32.6. The van der Waals surface area contributed by atoms with Crippen LogP contribution in [-0.4, -0.2) is 42.0 Å². The minimum atomic E-state index is -3.27. The molecule has 2 aromatic heterocycles. The molecule has 5 nitrogen and oxygen atoms in total. The maximum atomic E-state index is 4.98. The molecule has 8 heteroatoms. The van der Waals surface area contributed by atoms with Crippen LogP contribution in [0.3, 0.4) is 0 Å². The molecule has 0 aliphatic carbocycles. The molecule has 0 aliphatic heterocycles. The Morgan fingerprint density at radius 3 is 1.60 bits per heavy atom. The number of hydrogen-bond donors (Lipinski definition) is 0. The summed E-state index contributed by atoms with van der Waals surface area (Å²) >= 11 is -1.53. The van der Waals surface area contributed by atoms with Crippen LogP contribution < -0.4 is 0 Å². The molecule has 0 radical (unpaired) electrons. The van der Waals surface area contributed by atoms with Crippen LogP contribution in [-0.2, 0) is 26.2 Å². The molecular formula is C39H51N5S2Sn. The van der Waals surface area contributed by atoms with Gasteiger partial charge in [-0.05, 0) is 0 Å². The molecule has 5 aromatic rings. The fraction of sp³-hybridized carbons (Fsp3) is 0.436. The van der Waals surface area contributed by atoms with Crippen molar-refractivity contribution >= 4 is 37.3 Å². The third-order valence-electron chi connectivity index (χ3n) is 8.76. The summed E-state index contributed by atoms with van der Waals surface area (Å²) in [5, 5.41) is 22.4. The van der Waals surface area contributed by atoms with E-state index in [-0.39, 0.29) is 0 Å². The molecule has 248 valence electrons. The first-order valence-electron chi connectivity index (χ1n) is 17.8. The molecular weight excluding hydrogens is 721 g/mol. The van der Waals surface area contributed by atoms with Crippen molar-refractivity contribution in [2.45, 2.75) is 109 Å². The molecule has 0 amide bonds. The van der Waals surface area contributed by atoms with E-state index in [1.54, 1.807) is 11.3 Å². The van der Waals surface area contributed by atoms with Crippen LogP contribution in [0.2, 0.25) is 0 Å². The van der Waals surface area contributed by atoms with Crippen molar-refractivity contribution in [3.05, 3.63) is 119 Å². The van der Waals surface area contributed by atoms with Gasteiger partial charge >= 0.3 is 282 Å². The van der Waals surface area contributed by atoms with E-state index in [1.165, 1.54) is 74.5 Å². The van der Waals surface area contributed by atoms with Crippen molar-refractivity contribution in [3.8, 4) is 5.13 Å². The van der Waals surface area contributed by atoms with Crippen molar-refractivity contribution in [3.63, 3.8) is 0 Å². The number of hydrogen-bond acceptors (Lipinski definition) is 6. The molecule has 0 saturated heterocycles. The van der Waals surface area contributed by atoms with Gasteiger partial charge in [-0.25, -0.2) is 0 Å². The minimum absolute atomic E-state index is 0.915. The van der Waals surface area contributed by atoms with E-state index in [0.717, 1.165) is 53.7 Å². The summed E-state index contributed by atoms with van der Waals surface area (Å²) in [6.07, 6.45) is 14.4. The van der Waals surface area contributed by atoms with Gasteiger partial charge in [0.1, 0.15) is 0 Å². The topological polar surface area (TPSA) is 56.5 Å². The van der Waals surface area contributed by atoms with E-state index in [9.17, 15) is 0 Å². The number of nitrogens with zero attached hydrogens (tertiary/aromatic N) is 5. The van der Waals surface area contributed by atoms with Crippen molar-refractivity contribution in [2.24, 2.45) is 0 Å². The molecule has 0 spiro atoms. The van der Waals surface area contributed by atoms with Gasteiger partial charge in [0.15, 0.2) is 0 Å². The molecule has 0 fully saturated rings. The van der Waals surface area contributed by atoms with E-state index in [2.05, 4.69) is 118 Å². The summed E-state index contributed by atoms with van der Waals surface area (Å²) < 4.78 is 5.64. The van der Waals surface area contributed by atoms with Crippen molar-refractivity contribution in [2.75, 3.05) is 0 Å². The summed E-state index contributed by atoms with van der Waals surface area (Å²) in [5.41, 5.74) is 4.27. The van der Waals surface area contributed by atoms with Gasteiger partial charge in [-0.2, -0.15) is 0 Å². The predicted octanol–water partition coefficient (Wildman–Crippen LogP) is 10.5. The standard InChI is InChI=1S/C18H31N5S2.3C7H7.Sn/c1-3-5-7-9-10-12-14-16-20-22-18(25-16)23-15(19-21-17(23)24)13-11-8-6-4-2;3*1-7-5-3-2-4-6-7;/h3-14H2,1-2H3,(H,21,24);3*2-6H,1H2;/q;;;;+1/p-1. The summed E-state index contributed by atoms with van der Waals surface area (Å²) in [6.45, 7) is 4.54. The van der Waals surface area contributed by atoms with Gasteiger partial charge < -0.3 is 0 Å². The van der Waals surface area contributed by atoms with Gasteiger partial charge in [-0.15, -0.1) is 0 Å². The Kier molecular flexibility index (Phi) is 14.8. The van der Waals surface area contributed by atoms with E-state index >= 15 is 0 Å².